The highest BCUT2D eigenvalue weighted by molar-refractivity contribution is 7.89. The molecule has 556 valence electrons. The quantitative estimate of drug-likeness (QED) is 0.0184. The Bertz CT molecular complexity index is 3730. The molecule has 1 fully saturated rings. The number of aryl methyl sites for hydroxylation is 3. The number of H-pyrrole nitrogens is 1. The van der Waals surface area contributed by atoms with Crippen LogP contribution in [0.4, 0.5) is 10.7 Å². The second kappa shape index (κ2) is 41.6. The van der Waals surface area contributed by atoms with Gasteiger partial charge in [-0.05, 0) is 98.7 Å². The third-order valence-electron chi connectivity index (χ3n) is 15.5. The molecule has 101 heavy (non-hydrogen) atoms. The Morgan fingerprint density at radius 3 is 1.80 bits per heavy atom. The standard InChI is InChI=1S/C63H90N14O22S2/c1-44-35-50(36-45(2)58(44)100(90,91)72-52(61(86)87)40-69-59(84)47-10-13-53-48(38-47)39-70-77(53)19-4-14-66-62-67-17-18-68-62)98-30-3-7-54(78)64-15-5-28-95-31-33-97-34-32-96-29-6-16-65-60(85)51(37-46-8-11-49(12-9-46)99-101(92,93)94)71-55(79)41-73-20-21-74(42-56(80)81)22-23-75(43-57(82)83)25-27-76(26-24-73)63(88)89/h8-13,17-18,35-36,38-39,51-52,72H,3-7,14-16,19-34,37,40-43H2,1-2H3,(H,64,78)(H,65,85)(H,69,84)(H,71,79)(H,80,81)(H,82,83)(H,86,87)(H,88,89)(H2,66,67,68)(H,92,93,94)/t51-,52+/m1/s1. The number of ether oxygens (including phenoxy) is 4. The van der Waals surface area contributed by atoms with Gasteiger partial charge in [0.15, 0.2) is 5.95 Å². The topological polar surface area (TPSA) is 484 Å². The van der Waals surface area contributed by atoms with Gasteiger partial charge in [-0.25, -0.2) is 18.2 Å². The van der Waals surface area contributed by atoms with Crippen molar-refractivity contribution >= 4 is 84.9 Å². The minimum atomic E-state index is -4.82. The number of nitrogens with zero attached hydrogens (tertiary/aromatic N) is 7. The number of sulfonamides is 1. The van der Waals surface area contributed by atoms with Crippen LogP contribution in [0.3, 0.4) is 0 Å². The van der Waals surface area contributed by atoms with E-state index in [1.807, 2.05) is 0 Å². The molecule has 6 rings (SSSR count). The van der Waals surface area contributed by atoms with E-state index in [1.54, 1.807) is 65.1 Å². The van der Waals surface area contributed by atoms with E-state index in [-0.39, 0.29) is 164 Å². The van der Waals surface area contributed by atoms with Crippen molar-refractivity contribution < 1.29 is 103 Å². The van der Waals surface area contributed by atoms with Gasteiger partial charge in [-0.15, -0.1) is 0 Å². The van der Waals surface area contributed by atoms with Crippen LogP contribution in [0.2, 0.25) is 0 Å². The van der Waals surface area contributed by atoms with Gasteiger partial charge < -0.3 is 80.0 Å². The van der Waals surface area contributed by atoms with Gasteiger partial charge in [0.2, 0.25) is 27.7 Å². The SMILES string of the molecule is Cc1cc(OCCCC(=O)NCCCOCCOCCOCCCNC(=O)[C@@H](Cc2ccc(OS(=O)(=O)O)cc2)NC(=O)CN2CCN(CC(=O)O)CCN(CC(=O)O)CCN(C(=O)O)CC2)cc(C)c1S(=O)(=O)N[C@@H](CNC(=O)c1ccc2c(cnn2CCCNc2ncc[nH]2)c1)C(=O)O. The summed E-state index contributed by atoms with van der Waals surface area (Å²) in [5, 5.41) is 58.0. The molecule has 0 unspecified atom stereocenters. The van der Waals surface area contributed by atoms with Crippen molar-refractivity contribution in [3.63, 3.8) is 0 Å². The molecule has 1 aliphatic heterocycles. The van der Waals surface area contributed by atoms with E-state index in [9.17, 15) is 75.6 Å². The molecule has 0 aliphatic carbocycles. The van der Waals surface area contributed by atoms with Crippen molar-refractivity contribution in [2.75, 3.05) is 150 Å². The molecular weight excluding hydrogens is 1370 g/mol. The number of carbonyl (C=O) groups is 8. The number of hydrogen-bond acceptors (Lipinski definition) is 23. The number of fused-ring (bicyclic) bond motifs is 1. The Labute approximate surface area is 583 Å². The summed E-state index contributed by atoms with van der Waals surface area (Å²) in [6.45, 7) is 5.42. The maximum absolute atomic E-state index is 13.7. The zero-order valence-corrected chi connectivity index (χ0v) is 57.8. The number of amides is 5. The third-order valence-corrected chi connectivity index (χ3v) is 17.7. The van der Waals surface area contributed by atoms with Crippen molar-refractivity contribution in [1.29, 1.82) is 0 Å². The van der Waals surface area contributed by atoms with Crippen LogP contribution < -0.4 is 40.2 Å². The molecular formula is C63H90N14O22S2. The van der Waals surface area contributed by atoms with E-state index in [0.717, 1.165) is 16.8 Å². The number of rotatable bonds is 43. The van der Waals surface area contributed by atoms with Crippen LogP contribution in [0.25, 0.3) is 10.9 Å². The van der Waals surface area contributed by atoms with Crippen LogP contribution in [-0.4, -0.2) is 285 Å². The third kappa shape index (κ3) is 29.9. The number of imidazole rings is 1. The Kier molecular flexibility index (Phi) is 33.3. The number of aliphatic carboxylic acids is 3. The zero-order chi connectivity index (χ0) is 73.3. The van der Waals surface area contributed by atoms with Crippen molar-refractivity contribution in [3.8, 4) is 11.5 Å². The van der Waals surface area contributed by atoms with E-state index in [0.29, 0.717) is 68.2 Å². The highest BCUT2D eigenvalue weighted by atomic mass is 32.3. The molecule has 1 saturated heterocycles. The summed E-state index contributed by atoms with van der Waals surface area (Å²) in [7, 11) is -9.23. The van der Waals surface area contributed by atoms with Crippen molar-refractivity contribution in [2.24, 2.45) is 0 Å². The van der Waals surface area contributed by atoms with Crippen LogP contribution in [0, 0.1) is 13.8 Å². The van der Waals surface area contributed by atoms with Gasteiger partial charge in [-0.1, -0.05) is 12.1 Å². The summed E-state index contributed by atoms with van der Waals surface area (Å²) < 4.78 is 90.0. The van der Waals surface area contributed by atoms with Gasteiger partial charge in [0.25, 0.3) is 5.91 Å². The molecule has 0 radical (unpaired) electrons. The molecule has 0 bridgehead atoms. The lowest BCUT2D eigenvalue weighted by Crippen LogP contribution is -2.53. The first-order valence-corrected chi connectivity index (χ1v) is 35.4. The molecule has 2 aromatic heterocycles. The number of carbonyl (C=O) groups excluding carboxylic acids is 4. The first-order valence-electron chi connectivity index (χ1n) is 32.6. The van der Waals surface area contributed by atoms with E-state index >= 15 is 0 Å². The molecule has 2 atom stereocenters. The van der Waals surface area contributed by atoms with Crippen molar-refractivity contribution in [1.82, 2.24) is 65.3 Å². The van der Waals surface area contributed by atoms with E-state index in [4.69, 9.17) is 23.5 Å². The lowest BCUT2D eigenvalue weighted by Gasteiger charge is -2.32. The number of aromatic amines is 1. The second-order valence-electron chi connectivity index (χ2n) is 23.5. The van der Waals surface area contributed by atoms with Gasteiger partial charge >= 0.3 is 34.4 Å². The number of carboxylic acid groups (broad SMARTS) is 4. The zero-order valence-electron chi connectivity index (χ0n) is 56.2. The van der Waals surface area contributed by atoms with Crippen molar-refractivity contribution in [3.05, 3.63) is 95.4 Å². The first-order chi connectivity index (χ1) is 48.2. The lowest BCUT2D eigenvalue weighted by molar-refractivity contribution is -0.140. The first kappa shape index (κ1) is 80.9. The average Bonchev–Trinajstić information content (AvgIpc) is 1.34. The average molecular weight is 1460 g/mol. The van der Waals surface area contributed by atoms with Gasteiger partial charge in [0, 0.05) is 134 Å². The minimum absolute atomic E-state index is 0.0286. The fourth-order valence-electron chi connectivity index (χ4n) is 10.6. The Hall–Kier alpha value is -9.12. The molecule has 0 spiro atoms. The molecule has 12 N–H and O–H groups in total. The van der Waals surface area contributed by atoms with Crippen LogP contribution in [0.15, 0.2) is 78.1 Å². The fourth-order valence-corrected chi connectivity index (χ4v) is 12.6. The summed E-state index contributed by atoms with van der Waals surface area (Å²) >= 11 is 0. The maximum atomic E-state index is 13.7. The minimum Gasteiger partial charge on any atom is -0.494 e. The number of benzene rings is 3. The molecule has 36 nitrogen and oxygen atoms in total. The number of aromatic nitrogens is 4. The van der Waals surface area contributed by atoms with Gasteiger partial charge in [0.1, 0.15) is 23.6 Å². The van der Waals surface area contributed by atoms with Gasteiger partial charge in [-0.2, -0.15) is 18.2 Å². The molecule has 0 saturated carbocycles. The van der Waals surface area contributed by atoms with Crippen molar-refractivity contribution in [2.45, 2.75) is 75.9 Å². The maximum Gasteiger partial charge on any atom is 0.446 e. The molecule has 5 aromatic rings. The predicted octanol–water partition coefficient (Wildman–Crippen LogP) is 0.239. The summed E-state index contributed by atoms with van der Waals surface area (Å²) in [5.41, 5.74) is 2.06. The molecule has 38 heteroatoms. The predicted molar refractivity (Wildman–Crippen MR) is 362 cm³/mol. The highest BCUT2D eigenvalue weighted by Gasteiger charge is 2.30. The summed E-state index contributed by atoms with van der Waals surface area (Å²) in [5.74, 6) is -4.96. The molecule has 5 amide bonds. The second-order valence-corrected chi connectivity index (χ2v) is 26.1. The van der Waals surface area contributed by atoms with Gasteiger partial charge in [0.05, 0.1) is 69.3 Å². The highest BCUT2D eigenvalue weighted by Crippen LogP contribution is 2.27. The number of nitrogens with one attached hydrogen (secondary N) is 7. The van der Waals surface area contributed by atoms with Gasteiger partial charge in [-0.3, -0.25) is 57.5 Å². The summed E-state index contributed by atoms with van der Waals surface area (Å²) in [6.07, 6.45) is 5.80. The van der Waals surface area contributed by atoms with Crippen LogP contribution in [0.1, 0.15) is 59.2 Å². The molecule has 1 aliphatic rings. The van der Waals surface area contributed by atoms with Crippen LogP contribution >= 0.6 is 0 Å². The molecule has 3 heterocycles. The molecule has 3 aromatic carbocycles. The van der Waals surface area contributed by atoms with Crippen LogP contribution in [-0.2, 0) is 76.4 Å². The van der Waals surface area contributed by atoms with E-state index < -0.39 is 80.8 Å². The Morgan fingerprint density at radius 1 is 0.634 bits per heavy atom. The number of anilines is 1. The van der Waals surface area contributed by atoms with Crippen LogP contribution in [0.5, 0.6) is 11.5 Å². The lowest BCUT2D eigenvalue weighted by atomic mass is 10.0. The summed E-state index contributed by atoms with van der Waals surface area (Å²) in [6, 6.07) is 10.4. The normalized spacial score (nSPS) is 14.4. The summed E-state index contributed by atoms with van der Waals surface area (Å²) in [4.78, 5) is 113. The Morgan fingerprint density at radius 2 is 1.23 bits per heavy atom. The smallest absolute Gasteiger partial charge is 0.446 e. The Balaban J connectivity index is 0.824. The fraction of sp³-hybridized carbons (Fsp3) is 0.524. The monoisotopic (exact) mass is 1460 g/mol. The number of hydrogen-bond donors (Lipinski definition) is 12. The largest absolute Gasteiger partial charge is 0.494 e. The van der Waals surface area contributed by atoms with E-state index in [2.05, 4.69) is 50.6 Å². The number of carboxylic acids is 3. The van der Waals surface area contributed by atoms with E-state index in [1.165, 1.54) is 41.3 Å².